The summed E-state index contributed by atoms with van der Waals surface area (Å²) < 4.78 is 5.81. The molecule has 4 nitrogen and oxygen atoms in total. The van der Waals surface area contributed by atoms with Crippen molar-refractivity contribution in [1.82, 2.24) is 5.32 Å². The van der Waals surface area contributed by atoms with E-state index in [1.54, 1.807) is 0 Å². The number of carbonyl (C=O) groups is 1. The molecule has 0 radical (unpaired) electrons. The standard InChI is InChI=1S/C19H30N2O2/c1-13(2)16-9-8-14(3)10-18(16)23-12-19(22)21-17-7-5-4-6-15(17)11-20/h8-10,13,15,17H,4-7,11-12,20H2,1-3H3,(H,21,22). The minimum absolute atomic E-state index is 0.0495. The van der Waals surface area contributed by atoms with Crippen LogP contribution >= 0.6 is 0 Å². The molecule has 23 heavy (non-hydrogen) atoms. The maximum absolute atomic E-state index is 12.2. The van der Waals surface area contributed by atoms with E-state index in [0.717, 1.165) is 36.1 Å². The quantitative estimate of drug-likeness (QED) is 0.847. The Balaban J connectivity index is 1.92. The van der Waals surface area contributed by atoms with Gasteiger partial charge < -0.3 is 15.8 Å². The lowest BCUT2D eigenvalue weighted by molar-refractivity contribution is -0.124. The Morgan fingerprint density at radius 1 is 1.35 bits per heavy atom. The van der Waals surface area contributed by atoms with Gasteiger partial charge in [-0.3, -0.25) is 4.79 Å². The summed E-state index contributed by atoms with van der Waals surface area (Å²) in [6, 6.07) is 6.37. The Labute approximate surface area is 139 Å². The van der Waals surface area contributed by atoms with E-state index in [4.69, 9.17) is 10.5 Å². The van der Waals surface area contributed by atoms with E-state index >= 15 is 0 Å². The number of ether oxygens (including phenoxy) is 1. The van der Waals surface area contributed by atoms with Gasteiger partial charge in [-0.2, -0.15) is 0 Å². The monoisotopic (exact) mass is 318 g/mol. The molecule has 1 fully saturated rings. The van der Waals surface area contributed by atoms with Gasteiger partial charge in [0.1, 0.15) is 5.75 Å². The molecule has 1 saturated carbocycles. The number of nitrogens with one attached hydrogen (secondary N) is 1. The highest BCUT2D eigenvalue weighted by Crippen LogP contribution is 2.27. The van der Waals surface area contributed by atoms with E-state index in [9.17, 15) is 4.79 Å². The number of benzene rings is 1. The molecule has 0 aliphatic heterocycles. The van der Waals surface area contributed by atoms with Gasteiger partial charge in [-0.05, 0) is 55.3 Å². The van der Waals surface area contributed by atoms with E-state index < -0.39 is 0 Å². The molecule has 1 aromatic rings. The van der Waals surface area contributed by atoms with Crippen LogP contribution in [0.1, 0.15) is 56.6 Å². The maximum atomic E-state index is 12.2. The zero-order valence-corrected chi connectivity index (χ0v) is 14.6. The van der Waals surface area contributed by atoms with E-state index in [2.05, 4.69) is 31.3 Å². The van der Waals surface area contributed by atoms with E-state index in [1.165, 1.54) is 6.42 Å². The molecule has 4 heteroatoms. The van der Waals surface area contributed by atoms with Crippen LogP contribution in [-0.2, 0) is 4.79 Å². The van der Waals surface area contributed by atoms with Gasteiger partial charge in [-0.15, -0.1) is 0 Å². The third kappa shape index (κ3) is 4.96. The number of hydrogen-bond acceptors (Lipinski definition) is 3. The molecule has 2 atom stereocenters. The number of rotatable bonds is 6. The fourth-order valence-corrected chi connectivity index (χ4v) is 3.32. The Morgan fingerprint density at radius 3 is 2.78 bits per heavy atom. The van der Waals surface area contributed by atoms with Crippen LogP contribution in [0.3, 0.4) is 0 Å². The second kappa shape index (κ2) is 8.34. The molecule has 128 valence electrons. The number of carbonyl (C=O) groups excluding carboxylic acids is 1. The van der Waals surface area contributed by atoms with Crippen molar-refractivity contribution in [1.29, 1.82) is 0 Å². The number of amides is 1. The molecule has 0 spiro atoms. The van der Waals surface area contributed by atoms with Crippen molar-refractivity contribution >= 4 is 5.91 Å². The van der Waals surface area contributed by atoms with Crippen LogP contribution in [-0.4, -0.2) is 25.1 Å². The largest absolute Gasteiger partial charge is 0.483 e. The van der Waals surface area contributed by atoms with Crippen molar-refractivity contribution < 1.29 is 9.53 Å². The van der Waals surface area contributed by atoms with Gasteiger partial charge in [0.25, 0.3) is 5.91 Å². The van der Waals surface area contributed by atoms with Gasteiger partial charge in [0.05, 0.1) is 0 Å². The summed E-state index contributed by atoms with van der Waals surface area (Å²) >= 11 is 0. The lowest BCUT2D eigenvalue weighted by Crippen LogP contribution is -2.46. The Morgan fingerprint density at radius 2 is 2.09 bits per heavy atom. The lowest BCUT2D eigenvalue weighted by Gasteiger charge is -2.31. The minimum Gasteiger partial charge on any atom is -0.483 e. The van der Waals surface area contributed by atoms with Crippen molar-refractivity contribution in [3.05, 3.63) is 29.3 Å². The second-order valence-electron chi connectivity index (χ2n) is 6.94. The third-order valence-corrected chi connectivity index (χ3v) is 4.71. The average Bonchev–Trinajstić information content (AvgIpc) is 2.53. The summed E-state index contributed by atoms with van der Waals surface area (Å²) in [5.74, 6) is 1.53. The number of aryl methyl sites for hydroxylation is 1. The molecule has 1 aliphatic carbocycles. The zero-order chi connectivity index (χ0) is 16.8. The SMILES string of the molecule is Cc1ccc(C(C)C)c(OCC(=O)NC2CCCCC2CN)c1. The van der Waals surface area contributed by atoms with Crippen molar-refractivity contribution in [2.45, 2.75) is 58.4 Å². The minimum atomic E-state index is -0.0495. The van der Waals surface area contributed by atoms with Crippen LogP contribution in [0.5, 0.6) is 5.75 Å². The summed E-state index contributed by atoms with van der Waals surface area (Å²) in [5, 5.41) is 3.11. The van der Waals surface area contributed by atoms with Gasteiger partial charge in [0, 0.05) is 6.04 Å². The first-order chi connectivity index (χ1) is 11.0. The van der Waals surface area contributed by atoms with Crippen LogP contribution in [0.15, 0.2) is 18.2 Å². The smallest absolute Gasteiger partial charge is 0.258 e. The Bertz CT molecular complexity index is 528. The van der Waals surface area contributed by atoms with Crippen molar-refractivity contribution in [2.24, 2.45) is 11.7 Å². The topological polar surface area (TPSA) is 64.3 Å². The molecule has 0 heterocycles. The molecule has 1 aliphatic rings. The highest BCUT2D eigenvalue weighted by atomic mass is 16.5. The molecular formula is C19H30N2O2. The van der Waals surface area contributed by atoms with Crippen LogP contribution in [0.25, 0.3) is 0 Å². The fraction of sp³-hybridized carbons (Fsp3) is 0.632. The summed E-state index contributed by atoms with van der Waals surface area (Å²) in [6.45, 7) is 7.00. The predicted molar refractivity (Wildman–Crippen MR) is 93.7 cm³/mol. The van der Waals surface area contributed by atoms with Crippen molar-refractivity contribution in [3.63, 3.8) is 0 Å². The highest BCUT2D eigenvalue weighted by Gasteiger charge is 2.25. The maximum Gasteiger partial charge on any atom is 0.258 e. The van der Waals surface area contributed by atoms with E-state index in [1.807, 2.05) is 13.0 Å². The van der Waals surface area contributed by atoms with Gasteiger partial charge >= 0.3 is 0 Å². The van der Waals surface area contributed by atoms with Gasteiger partial charge in [-0.25, -0.2) is 0 Å². The molecule has 2 unspecified atom stereocenters. The van der Waals surface area contributed by atoms with Gasteiger partial charge in [-0.1, -0.05) is 38.8 Å². The summed E-state index contributed by atoms with van der Waals surface area (Å²) in [7, 11) is 0. The van der Waals surface area contributed by atoms with Crippen molar-refractivity contribution in [3.8, 4) is 5.75 Å². The van der Waals surface area contributed by atoms with Crippen LogP contribution < -0.4 is 15.8 Å². The second-order valence-corrected chi connectivity index (χ2v) is 6.94. The third-order valence-electron chi connectivity index (χ3n) is 4.71. The molecule has 1 aromatic carbocycles. The fourth-order valence-electron chi connectivity index (χ4n) is 3.32. The first-order valence-electron chi connectivity index (χ1n) is 8.74. The Hall–Kier alpha value is -1.55. The van der Waals surface area contributed by atoms with Gasteiger partial charge in [0.15, 0.2) is 6.61 Å². The summed E-state index contributed by atoms with van der Waals surface area (Å²) in [5.41, 5.74) is 8.10. The Kier molecular flexibility index (Phi) is 6.46. The summed E-state index contributed by atoms with van der Waals surface area (Å²) in [4.78, 5) is 12.2. The molecule has 2 rings (SSSR count). The predicted octanol–water partition coefficient (Wildman–Crippen LogP) is 3.13. The zero-order valence-electron chi connectivity index (χ0n) is 14.6. The molecule has 0 aromatic heterocycles. The van der Waals surface area contributed by atoms with Crippen LogP contribution in [0, 0.1) is 12.8 Å². The van der Waals surface area contributed by atoms with Gasteiger partial charge in [0.2, 0.25) is 0 Å². The van der Waals surface area contributed by atoms with E-state index in [-0.39, 0.29) is 18.6 Å². The first-order valence-corrected chi connectivity index (χ1v) is 8.74. The average molecular weight is 318 g/mol. The molecular weight excluding hydrogens is 288 g/mol. The molecule has 3 N–H and O–H groups in total. The van der Waals surface area contributed by atoms with Crippen LogP contribution in [0.4, 0.5) is 0 Å². The van der Waals surface area contributed by atoms with Crippen molar-refractivity contribution in [2.75, 3.05) is 13.2 Å². The lowest BCUT2D eigenvalue weighted by atomic mass is 9.84. The van der Waals surface area contributed by atoms with E-state index in [0.29, 0.717) is 18.4 Å². The molecule has 1 amide bonds. The number of nitrogens with two attached hydrogens (primary N) is 1. The summed E-state index contributed by atoms with van der Waals surface area (Å²) in [6.07, 6.45) is 4.51. The molecule has 0 saturated heterocycles. The first kappa shape index (κ1) is 17.8. The highest BCUT2D eigenvalue weighted by molar-refractivity contribution is 5.78. The number of hydrogen-bond donors (Lipinski definition) is 2. The normalized spacial score (nSPS) is 21.3. The van der Waals surface area contributed by atoms with Crippen LogP contribution in [0.2, 0.25) is 0 Å². The molecule has 0 bridgehead atoms.